The first kappa shape index (κ1) is 11.1. The van der Waals surface area contributed by atoms with Gasteiger partial charge in [0.05, 0.1) is 4.92 Å². The van der Waals surface area contributed by atoms with Gasteiger partial charge in [-0.05, 0) is 29.3 Å². The Balaban J connectivity index is 2.17. The number of nitrogens with two attached hydrogens (primary N) is 1. The molecule has 0 bridgehead atoms. The Labute approximate surface area is 101 Å². The highest BCUT2D eigenvalue weighted by atomic mass is 16.6. The monoisotopic (exact) mass is 249 g/mol. The molecule has 2 heterocycles. The topological polar surface area (TPSA) is 120 Å². The van der Waals surface area contributed by atoms with Gasteiger partial charge in [-0.15, -0.1) is 0 Å². The lowest BCUT2D eigenvalue weighted by Gasteiger charge is -2.15. The first-order valence-corrected chi connectivity index (χ1v) is 5.57. The number of nitrogens with one attached hydrogen (secondary N) is 1. The zero-order chi connectivity index (χ0) is 12.7. The third kappa shape index (κ3) is 1.54. The van der Waals surface area contributed by atoms with Gasteiger partial charge in [0.15, 0.2) is 0 Å². The highest BCUT2D eigenvalue weighted by molar-refractivity contribution is 5.86. The van der Waals surface area contributed by atoms with Crippen LogP contribution in [0.2, 0.25) is 0 Å². The van der Waals surface area contributed by atoms with Crippen molar-refractivity contribution in [1.82, 2.24) is 15.6 Å². The molecule has 0 aliphatic carbocycles. The highest BCUT2D eigenvalue weighted by Crippen LogP contribution is 2.32. The molecule has 0 saturated carbocycles. The number of non-ortho nitro benzene ring substituents is 1. The number of nitro groups is 1. The van der Waals surface area contributed by atoms with E-state index in [0.29, 0.717) is 5.52 Å². The Bertz CT molecular complexity index is 611. The lowest BCUT2D eigenvalue weighted by molar-refractivity contribution is -0.383. The number of hydrogen-bond donors (Lipinski definition) is 2. The Morgan fingerprint density at radius 1 is 1.44 bits per heavy atom. The minimum Gasteiger partial charge on any atom is -0.326 e. The quantitative estimate of drug-likeness (QED) is 0.587. The number of nitro benzene ring substituents is 1. The van der Waals surface area contributed by atoms with Crippen molar-refractivity contribution >= 4 is 16.7 Å². The molecule has 1 aliphatic rings. The third-order valence-corrected chi connectivity index (χ3v) is 3.23. The fourth-order valence-corrected chi connectivity index (χ4v) is 2.34. The SMILES string of the molecule is N[C@@H]1CCNC1c1ccc([N+](=O)[O-])c2nonc12. The Kier molecular flexibility index (Phi) is 2.46. The standard InChI is InChI=1S/C10H11N5O3/c11-6-3-4-12-8(6)5-1-2-7(15(16)17)10-9(5)13-18-14-10/h1-2,6,8,12H,3-4,11H2/t6-,8?/m1/s1. The molecule has 0 radical (unpaired) electrons. The van der Waals surface area contributed by atoms with Crippen LogP contribution < -0.4 is 11.1 Å². The van der Waals surface area contributed by atoms with Crippen LogP contribution in [-0.2, 0) is 0 Å². The third-order valence-electron chi connectivity index (χ3n) is 3.23. The van der Waals surface area contributed by atoms with Crippen LogP contribution in [0, 0.1) is 10.1 Å². The zero-order valence-corrected chi connectivity index (χ0v) is 9.37. The smallest absolute Gasteiger partial charge is 0.300 e. The molecule has 1 aromatic carbocycles. The fraction of sp³-hybridized carbons (Fsp3) is 0.400. The van der Waals surface area contributed by atoms with Crippen LogP contribution in [0.1, 0.15) is 18.0 Å². The Morgan fingerprint density at radius 2 is 2.22 bits per heavy atom. The van der Waals surface area contributed by atoms with Crippen LogP contribution in [0.25, 0.3) is 11.0 Å². The molecule has 0 amide bonds. The first-order valence-electron chi connectivity index (χ1n) is 5.57. The van der Waals surface area contributed by atoms with Crippen molar-refractivity contribution in [1.29, 1.82) is 0 Å². The Hall–Kier alpha value is -2.06. The second-order valence-corrected chi connectivity index (χ2v) is 4.28. The molecule has 1 unspecified atom stereocenters. The van der Waals surface area contributed by atoms with E-state index in [4.69, 9.17) is 5.73 Å². The normalized spacial score (nSPS) is 23.6. The van der Waals surface area contributed by atoms with Crippen LogP contribution in [0.4, 0.5) is 5.69 Å². The summed E-state index contributed by atoms with van der Waals surface area (Å²) in [5.74, 6) is 0. The van der Waals surface area contributed by atoms with Gasteiger partial charge in [0.1, 0.15) is 5.52 Å². The molecule has 3 N–H and O–H groups in total. The zero-order valence-electron chi connectivity index (χ0n) is 9.37. The van der Waals surface area contributed by atoms with E-state index in [1.54, 1.807) is 6.07 Å². The summed E-state index contributed by atoms with van der Waals surface area (Å²) >= 11 is 0. The summed E-state index contributed by atoms with van der Waals surface area (Å²) in [7, 11) is 0. The Morgan fingerprint density at radius 3 is 2.89 bits per heavy atom. The number of nitrogens with zero attached hydrogens (tertiary/aromatic N) is 3. The minimum absolute atomic E-state index is 0.0358. The van der Waals surface area contributed by atoms with E-state index >= 15 is 0 Å². The number of fused-ring (bicyclic) bond motifs is 1. The minimum atomic E-state index is -0.502. The van der Waals surface area contributed by atoms with Crippen molar-refractivity contribution in [2.24, 2.45) is 5.73 Å². The van der Waals surface area contributed by atoms with Crippen LogP contribution in [0.5, 0.6) is 0 Å². The molecule has 18 heavy (non-hydrogen) atoms. The maximum Gasteiger partial charge on any atom is 0.300 e. The van der Waals surface area contributed by atoms with E-state index in [-0.39, 0.29) is 23.3 Å². The van der Waals surface area contributed by atoms with Gasteiger partial charge in [-0.1, -0.05) is 0 Å². The predicted octanol–water partition coefficient (Wildman–Crippen LogP) is 0.493. The van der Waals surface area contributed by atoms with Crippen molar-refractivity contribution in [3.63, 3.8) is 0 Å². The molecular weight excluding hydrogens is 238 g/mol. The predicted molar refractivity (Wildman–Crippen MR) is 61.8 cm³/mol. The number of hydrogen-bond acceptors (Lipinski definition) is 7. The molecule has 0 spiro atoms. The van der Waals surface area contributed by atoms with Crippen molar-refractivity contribution in [3.8, 4) is 0 Å². The van der Waals surface area contributed by atoms with Gasteiger partial charge in [-0.2, -0.15) is 0 Å². The van der Waals surface area contributed by atoms with Gasteiger partial charge in [-0.3, -0.25) is 10.1 Å². The van der Waals surface area contributed by atoms with Gasteiger partial charge in [0, 0.05) is 23.7 Å². The molecule has 1 fully saturated rings. The van der Waals surface area contributed by atoms with Gasteiger partial charge >= 0.3 is 5.69 Å². The molecule has 8 heteroatoms. The van der Waals surface area contributed by atoms with Crippen LogP contribution in [0.15, 0.2) is 16.8 Å². The average molecular weight is 249 g/mol. The summed E-state index contributed by atoms with van der Waals surface area (Å²) in [6.07, 6.45) is 0.856. The van der Waals surface area contributed by atoms with Gasteiger partial charge in [-0.25, -0.2) is 4.63 Å². The lowest BCUT2D eigenvalue weighted by Crippen LogP contribution is -2.28. The molecule has 3 rings (SSSR count). The van der Waals surface area contributed by atoms with E-state index in [0.717, 1.165) is 18.5 Å². The second kappa shape index (κ2) is 4.00. The maximum atomic E-state index is 10.9. The maximum absolute atomic E-state index is 10.9. The molecule has 2 atom stereocenters. The summed E-state index contributed by atoms with van der Waals surface area (Å²) in [6, 6.07) is 2.97. The number of rotatable bonds is 2. The molecule has 94 valence electrons. The van der Waals surface area contributed by atoms with Crippen molar-refractivity contribution in [3.05, 3.63) is 27.8 Å². The summed E-state index contributed by atoms with van der Waals surface area (Å²) in [6.45, 7) is 0.815. The first-order chi connectivity index (χ1) is 8.68. The van der Waals surface area contributed by atoms with Gasteiger partial charge in [0.2, 0.25) is 5.52 Å². The highest BCUT2D eigenvalue weighted by Gasteiger charge is 2.30. The fourth-order valence-electron chi connectivity index (χ4n) is 2.34. The van der Waals surface area contributed by atoms with E-state index in [1.165, 1.54) is 6.07 Å². The van der Waals surface area contributed by atoms with E-state index in [1.807, 2.05) is 0 Å². The number of benzene rings is 1. The van der Waals surface area contributed by atoms with Crippen LogP contribution in [-0.4, -0.2) is 27.8 Å². The van der Waals surface area contributed by atoms with Gasteiger partial charge < -0.3 is 11.1 Å². The molecule has 1 saturated heterocycles. The summed E-state index contributed by atoms with van der Waals surface area (Å²) in [5, 5.41) is 21.5. The second-order valence-electron chi connectivity index (χ2n) is 4.28. The summed E-state index contributed by atoms with van der Waals surface area (Å²) in [5.41, 5.74) is 7.24. The van der Waals surface area contributed by atoms with Gasteiger partial charge in [0.25, 0.3) is 0 Å². The van der Waals surface area contributed by atoms with Crippen molar-refractivity contribution < 1.29 is 9.55 Å². The molecule has 1 aromatic heterocycles. The largest absolute Gasteiger partial charge is 0.326 e. The van der Waals surface area contributed by atoms with Crippen molar-refractivity contribution in [2.45, 2.75) is 18.5 Å². The van der Waals surface area contributed by atoms with E-state index < -0.39 is 4.92 Å². The van der Waals surface area contributed by atoms with Crippen LogP contribution >= 0.6 is 0 Å². The average Bonchev–Trinajstić information content (AvgIpc) is 2.95. The summed E-state index contributed by atoms with van der Waals surface area (Å²) in [4.78, 5) is 10.4. The number of aromatic nitrogens is 2. The van der Waals surface area contributed by atoms with Crippen LogP contribution in [0.3, 0.4) is 0 Å². The van der Waals surface area contributed by atoms with Crippen molar-refractivity contribution in [2.75, 3.05) is 6.54 Å². The molecular formula is C10H11N5O3. The van der Waals surface area contributed by atoms with E-state index in [9.17, 15) is 10.1 Å². The molecule has 8 nitrogen and oxygen atoms in total. The lowest BCUT2D eigenvalue weighted by atomic mass is 9.99. The molecule has 1 aliphatic heterocycles. The van der Waals surface area contributed by atoms with E-state index in [2.05, 4.69) is 20.3 Å². The molecule has 2 aromatic rings. The summed E-state index contributed by atoms with van der Waals surface area (Å²) < 4.78 is 4.62.